The molecule has 0 aliphatic rings. The van der Waals surface area contributed by atoms with Crippen molar-refractivity contribution in [1.82, 2.24) is 0 Å². The van der Waals surface area contributed by atoms with Crippen LogP contribution in [-0.2, 0) is 0 Å². The number of carboxylic acids is 1. The molecule has 14 heavy (non-hydrogen) atoms. The van der Waals surface area contributed by atoms with E-state index in [4.69, 9.17) is 10.8 Å². The van der Waals surface area contributed by atoms with Crippen molar-refractivity contribution < 1.29 is 9.90 Å². The zero-order valence-electron chi connectivity index (χ0n) is 8.14. The maximum absolute atomic E-state index is 10.2. The van der Waals surface area contributed by atoms with Gasteiger partial charge in [0.05, 0.1) is 5.56 Å². The van der Waals surface area contributed by atoms with Gasteiger partial charge in [-0.2, -0.15) is 11.8 Å². The highest BCUT2D eigenvalue weighted by atomic mass is 32.2. The first-order valence-corrected chi connectivity index (χ1v) is 5.59. The lowest BCUT2D eigenvalue weighted by Crippen LogP contribution is -1.99. The number of carbonyl (C=O) groups is 1. The van der Waals surface area contributed by atoms with Crippen LogP contribution in [0.4, 0.5) is 0 Å². The van der Waals surface area contributed by atoms with Crippen LogP contribution in [0.2, 0.25) is 0 Å². The molecule has 0 atom stereocenters. The minimum atomic E-state index is -0.879. The van der Waals surface area contributed by atoms with E-state index in [-0.39, 0.29) is 0 Å². The van der Waals surface area contributed by atoms with E-state index >= 15 is 0 Å². The summed E-state index contributed by atoms with van der Waals surface area (Å²) in [7, 11) is 0. The van der Waals surface area contributed by atoms with Gasteiger partial charge < -0.3 is 10.8 Å². The number of benzene rings is 1. The third-order valence-electron chi connectivity index (χ3n) is 1.34. The highest BCUT2D eigenvalue weighted by Gasteiger charge is 1.96. The molecule has 0 radical (unpaired) electrons. The largest absolute Gasteiger partial charge is 0.478 e. The molecule has 0 fully saturated rings. The van der Waals surface area contributed by atoms with Crippen LogP contribution in [0.3, 0.4) is 0 Å². The Balaban J connectivity index is 0.000000292. The molecule has 78 valence electrons. The van der Waals surface area contributed by atoms with Crippen LogP contribution >= 0.6 is 11.8 Å². The van der Waals surface area contributed by atoms with E-state index in [1.54, 1.807) is 42.1 Å². The summed E-state index contributed by atoms with van der Waals surface area (Å²) in [6.07, 6.45) is 2.05. The van der Waals surface area contributed by atoms with Gasteiger partial charge in [0.1, 0.15) is 0 Å². The maximum Gasteiger partial charge on any atom is 0.335 e. The molecule has 1 aromatic carbocycles. The zero-order chi connectivity index (χ0) is 10.8. The molecule has 0 aliphatic heterocycles. The van der Waals surface area contributed by atoms with E-state index in [2.05, 4.69) is 0 Å². The van der Waals surface area contributed by atoms with Gasteiger partial charge in [-0.25, -0.2) is 4.79 Å². The predicted molar refractivity (Wildman–Crippen MR) is 60.8 cm³/mol. The molecule has 0 aliphatic carbocycles. The normalized spacial score (nSPS) is 8.71. The zero-order valence-corrected chi connectivity index (χ0v) is 8.96. The second-order valence-electron chi connectivity index (χ2n) is 2.45. The number of thioether (sulfide) groups is 1. The molecular weight excluding hydrogens is 198 g/mol. The third kappa shape index (κ3) is 6.51. The van der Waals surface area contributed by atoms with E-state index in [1.807, 2.05) is 6.26 Å². The standard InChI is InChI=1S/C7H6O2.C3H9NS/c8-7(9)6-4-2-1-3-5-6;1-5-3-2-4/h1-5H,(H,8,9);2-4H2,1H3. The Kier molecular flexibility index (Phi) is 7.98. The lowest BCUT2D eigenvalue weighted by molar-refractivity contribution is 0.0697. The summed E-state index contributed by atoms with van der Waals surface area (Å²) in [5.74, 6) is 0.204. The molecule has 1 aromatic rings. The smallest absolute Gasteiger partial charge is 0.335 e. The first-order valence-electron chi connectivity index (χ1n) is 4.19. The highest BCUT2D eigenvalue weighted by molar-refractivity contribution is 7.98. The molecule has 3 nitrogen and oxygen atoms in total. The van der Waals surface area contributed by atoms with Gasteiger partial charge in [-0.1, -0.05) is 18.2 Å². The summed E-state index contributed by atoms with van der Waals surface area (Å²) in [5.41, 5.74) is 5.45. The number of hydrogen-bond acceptors (Lipinski definition) is 3. The number of aromatic carboxylic acids is 1. The molecule has 0 unspecified atom stereocenters. The Morgan fingerprint density at radius 2 is 2.00 bits per heavy atom. The second kappa shape index (κ2) is 8.59. The lowest BCUT2D eigenvalue weighted by Gasteiger charge is -1.88. The Bertz CT molecular complexity index is 250. The number of hydrogen-bond donors (Lipinski definition) is 2. The summed E-state index contributed by atoms with van der Waals surface area (Å²) >= 11 is 1.78. The van der Waals surface area contributed by atoms with Crippen molar-refractivity contribution in [3.8, 4) is 0 Å². The van der Waals surface area contributed by atoms with E-state index in [0.717, 1.165) is 12.3 Å². The molecule has 3 N–H and O–H groups in total. The van der Waals surface area contributed by atoms with Gasteiger partial charge in [-0.3, -0.25) is 0 Å². The summed E-state index contributed by atoms with van der Waals surface area (Å²) < 4.78 is 0. The highest BCUT2D eigenvalue weighted by Crippen LogP contribution is 1.96. The molecule has 0 amide bonds. The van der Waals surface area contributed by atoms with Crippen LogP contribution in [0.25, 0.3) is 0 Å². The Labute approximate surface area is 88.3 Å². The molecule has 0 heterocycles. The monoisotopic (exact) mass is 213 g/mol. The number of rotatable bonds is 3. The summed E-state index contributed by atoms with van der Waals surface area (Å²) in [4.78, 5) is 10.2. The average molecular weight is 213 g/mol. The van der Waals surface area contributed by atoms with E-state index in [0.29, 0.717) is 5.56 Å². The molecule has 0 bridgehead atoms. The molecule has 0 saturated carbocycles. The van der Waals surface area contributed by atoms with Gasteiger partial charge in [0, 0.05) is 12.3 Å². The van der Waals surface area contributed by atoms with Crippen molar-refractivity contribution in [2.45, 2.75) is 0 Å². The van der Waals surface area contributed by atoms with Crippen molar-refractivity contribution in [3.05, 3.63) is 35.9 Å². The fourth-order valence-electron chi connectivity index (χ4n) is 0.699. The fraction of sp³-hybridized carbons (Fsp3) is 0.300. The molecular formula is C10H15NO2S. The summed E-state index contributed by atoms with van der Waals surface area (Å²) in [5, 5.41) is 8.38. The van der Waals surface area contributed by atoms with Gasteiger partial charge >= 0.3 is 5.97 Å². The Morgan fingerprint density at radius 1 is 1.43 bits per heavy atom. The number of nitrogens with two attached hydrogens (primary N) is 1. The molecule has 1 rings (SSSR count). The SMILES string of the molecule is CSCCN.O=C(O)c1ccccc1. The van der Waals surface area contributed by atoms with Crippen LogP contribution < -0.4 is 5.73 Å². The average Bonchev–Trinajstić information content (AvgIpc) is 2.21. The van der Waals surface area contributed by atoms with Crippen LogP contribution in [-0.4, -0.2) is 29.6 Å². The van der Waals surface area contributed by atoms with Crippen molar-refractivity contribution in [2.24, 2.45) is 5.73 Å². The van der Waals surface area contributed by atoms with Gasteiger partial charge in [-0.05, 0) is 18.4 Å². The van der Waals surface area contributed by atoms with Crippen molar-refractivity contribution in [1.29, 1.82) is 0 Å². The molecule has 0 aromatic heterocycles. The van der Waals surface area contributed by atoms with Crippen LogP contribution in [0, 0.1) is 0 Å². The van der Waals surface area contributed by atoms with Gasteiger partial charge in [-0.15, -0.1) is 0 Å². The quantitative estimate of drug-likeness (QED) is 0.802. The van der Waals surface area contributed by atoms with Gasteiger partial charge in [0.2, 0.25) is 0 Å². The first-order chi connectivity index (χ1) is 6.72. The minimum Gasteiger partial charge on any atom is -0.478 e. The lowest BCUT2D eigenvalue weighted by atomic mass is 10.2. The first kappa shape index (κ1) is 13.0. The van der Waals surface area contributed by atoms with Crippen molar-refractivity contribution in [2.75, 3.05) is 18.6 Å². The Hall–Kier alpha value is -1.00. The van der Waals surface area contributed by atoms with E-state index in [9.17, 15) is 4.79 Å². The fourth-order valence-corrected chi connectivity index (χ4v) is 0.934. The van der Waals surface area contributed by atoms with Crippen molar-refractivity contribution in [3.63, 3.8) is 0 Å². The molecule has 4 heteroatoms. The van der Waals surface area contributed by atoms with Crippen molar-refractivity contribution >= 4 is 17.7 Å². The van der Waals surface area contributed by atoms with Crippen LogP contribution in [0.5, 0.6) is 0 Å². The topological polar surface area (TPSA) is 63.3 Å². The number of carboxylic acid groups (broad SMARTS) is 1. The maximum atomic E-state index is 10.2. The van der Waals surface area contributed by atoms with E-state index < -0.39 is 5.97 Å². The van der Waals surface area contributed by atoms with Gasteiger partial charge in [0.25, 0.3) is 0 Å². The predicted octanol–water partition coefficient (Wildman–Crippen LogP) is 1.69. The van der Waals surface area contributed by atoms with Crippen LogP contribution in [0.1, 0.15) is 10.4 Å². The minimum absolute atomic E-state index is 0.331. The molecule has 0 saturated heterocycles. The molecule has 0 spiro atoms. The van der Waals surface area contributed by atoms with E-state index in [1.165, 1.54) is 0 Å². The summed E-state index contributed by atoms with van der Waals surface area (Å²) in [6.45, 7) is 0.807. The third-order valence-corrected chi connectivity index (χ3v) is 1.99. The second-order valence-corrected chi connectivity index (χ2v) is 3.44. The summed E-state index contributed by atoms with van der Waals surface area (Å²) in [6, 6.07) is 8.30. The Morgan fingerprint density at radius 3 is 2.21 bits per heavy atom. The van der Waals surface area contributed by atoms with Gasteiger partial charge in [0.15, 0.2) is 0 Å². The van der Waals surface area contributed by atoms with Crippen LogP contribution in [0.15, 0.2) is 30.3 Å².